The first kappa shape index (κ1) is 15.4. The summed E-state index contributed by atoms with van der Waals surface area (Å²) in [6.07, 6.45) is -0.736. The summed E-state index contributed by atoms with van der Waals surface area (Å²) in [6.45, 7) is 1.42. The van der Waals surface area contributed by atoms with E-state index in [0.717, 1.165) is 4.90 Å². The van der Waals surface area contributed by atoms with Crippen LogP contribution in [0.2, 0.25) is 5.02 Å². The van der Waals surface area contributed by atoms with Crippen molar-refractivity contribution < 1.29 is 28.3 Å². The van der Waals surface area contributed by atoms with Crippen molar-refractivity contribution in [2.24, 2.45) is 0 Å². The topological polar surface area (TPSA) is 86.0 Å². The number of hydrogen-bond acceptors (Lipinski definition) is 6. The number of hydrogen-bond donors (Lipinski definition) is 0. The molecule has 0 N–H and O–H groups in total. The van der Waals surface area contributed by atoms with Crippen molar-refractivity contribution in [1.82, 2.24) is 4.90 Å². The van der Waals surface area contributed by atoms with Crippen LogP contribution in [0.4, 0.5) is 4.79 Å². The van der Waals surface area contributed by atoms with E-state index in [1.807, 2.05) is 0 Å². The molecule has 0 radical (unpaired) electrons. The van der Waals surface area contributed by atoms with Crippen molar-refractivity contribution in [3.8, 4) is 0 Å². The van der Waals surface area contributed by atoms with Crippen LogP contribution < -0.4 is 0 Å². The number of cyclic esters (lactones) is 1. The standard InChI is InChI=1S/C15H12ClNO6/c1-8-10-6-9(16)2-3-11(10)23-13(8)14(19)22-7-12(18)17-4-5-21-15(17)20/h2-3,6H,4-5,7H2,1H3. The monoisotopic (exact) mass is 337 g/mol. The Bertz CT molecular complexity index is 812. The molecule has 1 aliphatic rings. The predicted octanol–water partition coefficient (Wildman–Crippen LogP) is 2.53. The zero-order valence-corrected chi connectivity index (χ0v) is 12.9. The third kappa shape index (κ3) is 2.87. The Morgan fingerprint density at radius 1 is 1.39 bits per heavy atom. The van der Waals surface area contributed by atoms with E-state index in [1.54, 1.807) is 25.1 Å². The van der Waals surface area contributed by atoms with Crippen molar-refractivity contribution in [2.45, 2.75) is 6.92 Å². The highest BCUT2D eigenvalue weighted by Crippen LogP contribution is 2.28. The number of halogens is 1. The van der Waals surface area contributed by atoms with Gasteiger partial charge in [0.05, 0.1) is 6.54 Å². The van der Waals surface area contributed by atoms with Gasteiger partial charge in [-0.05, 0) is 25.1 Å². The van der Waals surface area contributed by atoms with E-state index in [0.29, 0.717) is 21.6 Å². The van der Waals surface area contributed by atoms with Gasteiger partial charge in [-0.3, -0.25) is 4.79 Å². The molecule has 2 heterocycles. The molecular weight excluding hydrogens is 326 g/mol. The smallest absolute Gasteiger partial charge is 0.416 e. The van der Waals surface area contributed by atoms with Gasteiger partial charge in [0.1, 0.15) is 12.2 Å². The molecule has 1 aromatic carbocycles. The van der Waals surface area contributed by atoms with Gasteiger partial charge >= 0.3 is 12.1 Å². The maximum Gasteiger partial charge on any atom is 0.416 e. The molecule has 2 aromatic rings. The number of amides is 2. The Hall–Kier alpha value is -2.54. The van der Waals surface area contributed by atoms with Gasteiger partial charge in [0.2, 0.25) is 5.76 Å². The van der Waals surface area contributed by atoms with Gasteiger partial charge in [-0.1, -0.05) is 11.6 Å². The largest absolute Gasteiger partial charge is 0.450 e. The number of furan rings is 1. The summed E-state index contributed by atoms with van der Waals surface area (Å²) < 4.78 is 15.0. The molecule has 0 atom stereocenters. The Morgan fingerprint density at radius 3 is 2.87 bits per heavy atom. The lowest BCUT2D eigenvalue weighted by molar-refractivity contribution is -0.131. The number of esters is 1. The summed E-state index contributed by atoms with van der Waals surface area (Å²) in [5.74, 6) is -1.42. The minimum Gasteiger partial charge on any atom is -0.450 e. The van der Waals surface area contributed by atoms with Gasteiger partial charge in [0.25, 0.3) is 5.91 Å². The lowest BCUT2D eigenvalue weighted by Gasteiger charge is -2.10. The molecule has 0 unspecified atom stereocenters. The molecule has 7 nitrogen and oxygen atoms in total. The van der Waals surface area contributed by atoms with Crippen LogP contribution in [0.5, 0.6) is 0 Å². The number of imide groups is 1. The molecule has 3 rings (SSSR count). The number of carbonyl (C=O) groups is 3. The molecule has 23 heavy (non-hydrogen) atoms. The second kappa shape index (κ2) is 5.92. The first-order valence-electron chi connectivity index (χ1n) is 6.80. The molecule has 2 amide bonds. The highest BCUT2D eigenvalue weighted by molar-refractivity contribution is 6.31. The Morgan fingerprint density at radius 2 is 2.17 bits per heavy atom. The molecule has 8 heteroatoms. The summed E-state index contributed by atoms with van der Waals surface area (Å²) >= 11 is 5.92. The Balaban J connectivity index is 1.72. The summed E-state index contributed by atoms with van der Waals surface area (Å²) in [5.41, 5.74) is 1.06. The van der Waals surface area contributed by atoms with Crippen LogP contribution in [0.3, 0.4) is 0 Å². The molecule has 1 aromatic heterocycles. The number of carbonyl (C=O) groups excluding carboxylic acids is 3. The fourth-order valence-corrected chi connectivity index (χ4v) is 2.45. The molecule has 1 aliphatic heterocycles. The predicted molar refractivity (Wildman–Crippen MR) is 79.3 cm³/mol. The average molecular weight is 338 g/mol. The molecule has 0 aliphatic carbocycles. The minimum atomic E-state index is -0.782. The van der Waals surface area contributed by atoms with Crippen molar-refractivity contribution in [2.75, 3.05) is 19.8 Å². The second-order valence-electron chi connectivity index (χ2n) is 4.93. The number of nitrogens with zero attached hydrogens (tertiary/aromatic N) is 1. The maximum absolute atomic E-state index is 12.1. The molecule has 1 saturated heterocycles. The lowest BCUT2D eigenvalue weighted by Crippen LogP contribution is -2.35. The Labute approximate surface area is 135 Å². The SMILES string of the molecule is Cc1c(C(=O)OCC(=O)N2CCOC2=O)oc2ccc(Cl)cc12. The van der Waals surface area contributed by atoms with Crippen LogP contribution in [-0.4, -0.2) is 42.6 Å². The fourth-order valence-electron chi connectivity index (χ4n) is 2.28. The van der Waals surface area contributed by atoms with E-state index in [9.17, 15) is 14.4 Å². The molecule has 120 valence electrons. The third-order valence-corrected chi connectivity index (χ3v) is 3.71. The van der Waals surface area contributed by atoms with Gasteiger partial charge in [0.15, 0.2) is 6.61 Å². The van der Waals surface area contributed by atoms with E-state index in [-0.39, 0.29) is 18.9 Å². The highest BCUT2D eigenvalue weighted by atomic mass is 35.5. The van der Waals surface area contributed by atoms with Crippen molar-refractivity contribution in [3.05, 3.63) is 34.5 Å². The normalized spacial score (nSPS) is 14.2. The summed E-state index contributed by atoms with van der Waals surface area (Å²) in [4.78, 5) is 36.0. The van der Waals surface area contributed by atoms with Gasteiger partial charge in [-0.2, -0.15) is 0 Å². The van der Waals surface area contributed by atoms with Gasteiger partial charge in [-0.15, -0.1) is 0 Å². The second-order valence-corrected chi connectivity index (χ2v) is 5.37. The zero-order valence-electron chi connectivity index (χ0n) is 12.1. The van der Waals surface area contributed by atoms with Crippen LogP contribution in [0.1, 0.15) is 16.1 Å². The Kier molecular flexibility index (Phi) is 3.96. The van der Waals surface area contributed by atoms with Crippen LogP contribution in [-0.2, 0) is 14.3 Å². The quantitative estimate of drug-likeness (QED) is 0.800. The lowest BCUT2D eigenvalue weighted by atomic mass is 10.1. The van der Waals surface area contributed by atoms with Crippen LogP contribution in [0.25, 0.3) is 11.0 Å². The number of ether oxygens (including phenoxy) is 2. The first-order valence-corrected chi connectivity index (χ1v) is 7.18. The molecule has 1 fully saturated rings. The minimum absolute atomic E-state index is 0.000866. The van der Waals surface area contributed by atoms with Gasteiger partial charge in [0, 0.05) is 16.0 Å². The zero-order chi connectivity index (χ0) is 16.6. The average Bonchev–Trinajstić information content (AvgIpc) is 3.09. The van der Waals surface area contributed by atoms with Crippen molar-refractivity contribution >= 4 is 40.5 Å². The number of fused-ring (bicyclic) bond motifs is 1. The number of benzene rings is 1. The fraction of sp³-hybridized carbons (Fsp3) is 0.267. The van der Waals surface area contributed by atoms with Crippen LogP contribution >= 0.6 is 11.6 Å². The summed E-state index contributed by atoms with van der Waals surface area (Å²) in [7, 11) is 0. The van der Waals surface area contributed by atoms with E-state index in [4.69, 9.17) is 20.8 Å². The highest BCUT2D eigenvalue weighted by Gasteiger charge is 2.29. The van der Waals surface area contributed by atoms with Gasteiger partial charge in [-0.25, -0.2) is 14.5 Å². The van der Waals surface area contributed by atoms with E-state index in [1.165, 1.54) is 0 Å². The van der Waals surface area contributed by atoms with Crippen molar-refractivity contribution in [1.29, 1.82) is 0 Å². The molecule has 0 spiro atoms. The summed E-state index contributed by atoms with van der Waals surface area (Å²) in [6, 6.07) is 4.97. The number of aryl methyl sites for hydroxylation is 1. The molecule has 0 bridgehead atoms. The van der Waals surface area contributed by atoms with Crippen LogP contribution in [0, 0.1) is 6.92 Å². The maximum atomic E-state index is 12.1. The molecular formula is C15H12ClNO6. The van der Waals surface area contributed by atoms with E-state index >= 15 is 0 Å². The van der Waals surface area contributed by atoms with E-state index < -0.39 is 24.6 Å². The van der Waals surface area contributed by atoms with Gasteiger partial charge < -0.3 is 13.9 Å². The third-order valence-electron chi connectivity index (χ3n) is 3.47. The van der Waals surface area contributed by atoms with E-state index in [2.05, 4.69) is 4.74 Å². The van der Waals surface area contributed by atoms with Crippen molar-refractivity contribution in [3.63, 3.8) is 0 Å². The van der Waals surface area contributed by atoms with Crippen LogP contribution in [0.15, 0.2) is 22.6 Å². The first-order chi connectivity index (χ1) is 11.0. The summed E-state index contributed by atoms with van der Waals surface area (Å²) in [5, 5.41) is 1.21. The number of rotatable bonds is 3. The molecule has 0 saturated carbocycles.